The van der Waals surface area contributed by atoms with Crippen LogP contribution in [0, 0.1) is 5.82 Å². The lowest BCUT2D eigenvalue weighted by molar-refractivity contribution is 0.0944. The molecule has 152 valence electrons. The third-order valence-corrected chi connectivity index (χ3v) is 4.32. The Morgan fingerprint density at radius 1 is 1.14 bits per heavy atom. The highest BCUT2D eigenvalue weighted by Gasteiger charge is 2.19. The van der Waals surface area contributed by atoms with Crippen LogP contribution in [0.4, 0.5) is 4.39 Å². The standard InChI is InChI=1S/C22H24FN3O3/c1-3-14-29-20-15-26(18-10-8-17(23)9-11-18)25-21(20)22(27)24-13-12-16-6-4-5-7-19(16)28-2/h4-11,15H,3,12-14H2,1-2H3,(H,24,27). The van der Waals surface area contributed by atoms with E-state index in [4.69, 9.17) is 9.47 Å². The molecular formula is C22H24FN3O3. The number of benzene rings is 2. The summed E-state index contributed by atoms with van der Waals surface area (Å²) in [7, 11) is 1.62. The smallest absolute Gasteiger partial charge is 0.275 e. The zero-order valence-corrected chi connectivity index (χ0v) is 16.5. The van der Waals surface area contributed by atoms with Crippen molar-refractivity contribution in [2.75, 3.05) is 20.3 Å². The molecule has 0 unspecified atom stereocenters. The summed E-state index contributed by atoms with van der Waals surface area (Å²) in [5.74, 6) is 0.518. The van der Waals surface area contributed by atoms with Crippen LogP contribution in [0.25, 0.3) is 5.69 Å². The lowest BCUT2D eigenvalue weighted by Crippen LogP contribution is -2.27. The van der Waals surface area contributed by atoms with Gasteiger partial charge in [-0.15, -0.1) is 0 Å². The highest BCUT2D eigenvalue weighted by atomic mass is 19.1. The molecule has 0 aliphatic carbocycles. The molecular weight excluding hydrogens is 373 g/mol. The van der Waals surface area contributed by atoms with Gasteiger partial charge in [-0.1, -0.05) is 25.1 Å². The van der Waals surface area contributed by atoms with Crippen LogP contribution in [0.15, 0.2) is 54.7 Å². The summed E-state index contributed by atoms with van der Waals surface area (Å²) in [4.78, 5) is 12.7. The molecule has 0 radical (unpaired) electrons. The molecule has 0 saturated heterocycles. The molecule has 1 N–H and O–H groups in total. The summed E-state index contributed by atoms with van der Waals surface area (Å²) >= 11 is 0. The molecule has 3 aromatic rings. The Morgan fingerprint density at radius 2 is 1.90 bits per heavy atom. The Hall–Kier alpha value is -3.35. The van der Waals surface area contributed by atoms with E-state index in [1.54, 1.807) is 25.4 Å². The molecule has 0 atom stereocenters. The second-order valence-electron chi connectivity index (χ2n) is 6.43. The van der Waals surface area contributed by atoms with Crippen LogP contribution in [0.5, 0.6) is 11.5 Å². The first kappa shape index (κ1) is 20.4. The molecule has 29 heavy (non-hydrogen) atoms. The van der Waals surface area contributed by atoms with Crippen LogP contribution >= 0.6 is 0 Å². The normalized spacial score (nSPS) is 10.6. The molecule has 1 aromatic heterocycles. The van der Waals surface area contributed by atoms with Crippen molar-refractivity contribution >= 4 is 5.91 Å². The van der Waals surface area contributed by atoms with Gasteiger partial charge in [-0.05, 0) is 48.7 Å². The number of amides is 1. The van der Waals surface area contributed by atoms with Crippen molar-refractivity contribution in [3.63, 3.8) is 0 Å². The van der Waals surface area contributed by atoms with Gasteiger partial charge in [0.15, 0.2) is 11.4 Å². The highest BCUT2D eigenvalue weighted by Crippen LogP contribution is 2.21. The number of nitrogens with zero attached hydrogens (tertiary/aromatic N) is 2. The average molecular weight is 397 g/mol. The molecule has 0 bridgehead atoms. The number of carbonyl (C=O) groups excluding carboxylic acids is 1. The van der Waals surface area contributed by atoms with E-state index < -0.39 is 0 Å². The number of aromatic nitrogens is 2. The predicted molar refractivity (Wildman–Crippen MR) is 108 cm³/mol. The number of methoxy groups -OCH3 is 1. The molecule has 0 spiro atoms. The van der Waals surface area contributed by atoms with Gasteiger partial charge in [0, 0.05) is 6.54 Å². The molecule has 7 heteroatoms. The molecule has 2 aromatic carbocycles. The monoisotopic (exact) mass is 397 g/mol. The van der Waals surface area contributed by atoms with Crippen molar-refractivity contribution in [1.29, 1.82) is 0 Å². The largest absolute Gasteiger partial charge is 0.496 e. The van der Waals surface area contributed by atoms with E-state index in [2.05, 4.69) is 10.4 Å². The number of hydrogen-bond acceptors (Lipinski definition) is 4. The van der Waals surface area contributed by atoms with E-state index in [-0.39, 0.29) is 17.4 Å². The summed E-state index contributed by atoms with van der Waals surface area (Å²) in [6.45, 7) is 2.88. The lowest BCUT2D eigenvalue weighted by atomic mass is 10.1. The van der Waals surface area contributed by atoms with Gasteiger partial charge < -0.3 is 14.8 Å². The third kappa shape index (κ3) is 5.13. The number of rotatable bonds is 9. The molecule has 0 saturated carbocycles. The molecule has 0 fully saturated rings. The van der Waals surface area contributed by atoms with Crippen LogP contribution in [0.1, 0.15) is 29.4 Å². The SMILES string of the molecule is CCCOc1cn(-c2ccc(F)cc2)nc1C(=O)NCCc1ccccc1OC. The number of carbonyl (C=O) groups is 1. The van der Waals surface area contributed by atoms with Crippen molar-refractivity contribution in [1.82, 2.24) is 15.1 Å². The fourth-order valence-corrected chi connectivity index (χ4v) is 2.86. The fraction of sp³-hybridized carbons (Fsp3) is 0.273. The van der Waals surface area contributed by atoms with Gasteiger partial charge >= 0.3 is 0 Å². The number of hydrogen-bond donors (Lipinski definition) is 1. The molecule has 0 aliphatic heterocycles. The first-order valence-corrected chi connectivity index (χ1v) is 9.51. The molecule has 0 aliphatic rings. The van der Waals surface area contributed by atoms with Crippen LogP contribution in [0.2, 0.25) is 0 Å². The maximum Gasteiger partial charge on any atom is 0.275 e. The highest BCUT2D eigenvalue weighted by molar-refractivity contribution is 5.95. The van der Waals surface area contributed by atoms with E-state index in [0.29, 0.717) is 31.0 Å². The van der Waals surface area contributed by atoms with Gasteiger partial charge in [0.25, 0.3) is 5.91 Å². The van der Waals surface area contributed by atoms with E-state index in [9.17, 15) is 9.18 Å². The van der Waals surface area contributed by atoms with Crippen molar-refractivity contribution in [2.45, 2.75) is 19.8 Å². The van der Waals surface area contributed by atoms with Gasteiger partial charge in [-0.25, -0.2) is 9.07 Å². The van der Waals surface area contributed by atoms with Gasteiger partial charge in [-0.3, -0.25) is 4.79 Å². The van der Waals surface area contributed by atoms with Crippen molar-refractivity contribution in [3.05, 3.63) is 71.8 Å². The summed E-state index contributed by atoms with van der Waals surface area (Å²) in [6.07, 6.45) is 3.06. The zero-order valence-electron chi connectivity index (χ0n) is 16.5. The molecule has 1 amide bonds. The van der Waals surface area contributed by atoms with Gasteiger partial charge in [0.05, 0.1) is 25.6 Å². The Morgan fingerprint density at radius 3 is 2.62 bits per heavy atom. The Labute approximate surface area is 169 Å². The maximum atomic E-state index is 13.2. The van der Waals surface area contributed by atoms with Gasteiger partial charge in [-0.2, -0.15) is 5.10 Å². The third-order valence-electron chi connectivity index (χ3n) is 4.32. The number of ether oxygens (including phenoxy) is 2. The summed E-state index contributed by atoms with van der Waals surface area (Å²) in [5, 5.41) is 7.23. The average Bonchev–Trinajstić information content (AvgIpc) is 3.17. The van der Waals surface area contributed by atoms with Crippen molar-refractivity contribution < 1.29 is 18.7 Å². The van der Waals surface area contributed by atoms with E-state index in [0.717, 1.165) is 17.7 Å². The minimum atomic E-state index is -0.335. The Kier molecular flexibility index (Phi) is 6.84. The summed E-state index contributed by atoms with van der Waals surface area (Å²) < 4.78 is 25.7. The number of halogens is 1. The summed E-state index contributed by atoms with van der Waals surface area (Å²) in [6, 6.07) is 13.6. The van der Waals surface area contributed by atoms with Crippen molar-refractivity contribution in [2.24, 2.45) is 0 Å². The number of nitrogens with one attached hydrogen (secondary N) is 1. The fourth-order valence-electron chi connectivity index (χ4n) is 2.86. The van der Waals surface area contributed by atoms with Crippen LogP contribution in [-0.2, 0) is 6.42 Å². The minimum Gasteiger partial charge on any atom is -0.496 e. The second-order valence-corrected chi connectivity index (χ2v) is 6.43. The van der Waals surface area contributed by atoms with Gasteiger partial charge in [0.1, 0.15) is 11.6 Å². The number of para-hydroxylation sites is 1. The van der Waals surface area contributed by atoms with Crippen molar-refractivity contribution in [3.8, 4) is 17.2 Å². The Bertz CT molecular complexity index is 954. The van der Waals surface area contributed by atoms with Gasteiger partial charge in [0.2, 0.25) is 0 Å². The van der Waals surface area contributed by atoms with E-state index in [1.165, 1.54) is 16.8 Å². The molecule has 1 heterocycles. The molecule has 3 rings (SSSR count). The molecule has 6 nitrogen and oxygen atoms in total. The summed E-state index contributed by atoms with van der Waals surface area (Å²) in [5.41, 5.74) is 1.85. The minimum absolute atomic E-state index is 0.197. The lowest BCUT2D eigenvalue weighted by Gasteiger charge is -2.09. The van der Waals surface area contributed by atoms with Crippen LogP contribution in [0.3, 0.4) is 0 Å². The second kappa shape index (κ2) is 9.73. The first-order valence-electron chi connectivity index (χ1n) is 9.51. The first-order chi connectivity index (χ1) is 14.1. The van der Waals surface area contributed by atoms with Crippen LogP contribution < -0.4 is 14.8 Å². The van der Waals surface area contributed by atoms with E-state index >= 15 is 0 Å². The zero-order chi connectivity index (χ0) is 20.6. The topological polar surface area (TPSA) is 65.4 Å². The maximum absolute atomic E-state index is 13.2. The Balaban J connectivity index is 1.73. The van der Waals surface area contributed by atoms with E-state index in [1.807, 2.05) is 31.2 Å². The predicted octanol–water partition coefficient (Wildman–Crippen LogP) is 3.78. The van der Waals surface area contributed by atoms with Crippen LogP contribution in [-0.4, -0.2) is 35.9 Å². The quantitative estimate of drug-likeness (QED) is 0.597.